The Bertz CT molecular complexity index is 348. The van der Waals surface area contributed by atoms with Gasteiger partial charge in [-0.3, -0.25) is 14.5 Å². The van der Waals surface area contributed by atoms with Crippen LogP contribution in [-0.2, 0) is 19.1 Å². The number of methoxy groups -OCH3 is 1. The standard InChI is InChI=1S/C11H13NO4/c1-15-5-4-12-10(13)8-6-2-3-7(16-6)9(8)11(12)14/h2-3,6-9H,4-5H2,1H3/t6?,7?,8-,9+. The number of imide groups is 1. The first-order chi connectivity index (χ1) is 7.74. The Morgan fingerprint density at radius 2 is 1.81 bits per heavy atom. The zero-order valence-electron chi connectivity index (χ0n) is 8.96. The van der Waals surface area contributed by atoms with Gasteiger partial charge in [-0.2, -0.15) is 0 Å². The third-order valence-corrected chi connectivity index (χ3v) is 3.52. The Balaban J connectivity index is 1.83. The molecule has 2 bridgehead atoms. The smallest absolute Gasteiger partial charge is 0.236 e. The normalized spacial score (nSPS) is 39.9. The minimum absolute atomic E-state index is 0.107. The van der Waals surface area contributed by atoms with Gasteiger partial charge >= 0.3 is 0 Å². The maximum atomic E-state index is 12.0. The Hall–Kier alpha value is -1.20. The highest BCUT2D eigenvalue weighted by atomic mass is 16.5. The van der Waals surface area contributed by atoms with Crippen LogP contribution in [0, 0.1) is 11.8 Å². The molecule has 5 nitrogen and oxygen atoms in total. The van der Waals surface area contributed by atoms with Gasteiger partial charge in [0.1, 0.15) is 0 Å². The third-order valence-electron chi connectivity index (χ3n) is 3.52. The highest BCUT2D eigenvalue weighted by Crippen LogP contribution is 2.44. The minimum atomic E-state index is -0.292. The molecule has 3 aliphatic rings. The van der Waals surface area contributed by atoms with Gasteiger partial charge in [0, 0.05) is 7.11 Å². The number of amides is 2. The van der Waals surface area contributed by atoms with Crippen LogP contribution in [0.15, 0.2) is 12.2 Å². The largest absolute Gasteiger partial charge is 0.383 e. The molecule has 86 valence electrons. The van der Waals surface area contributed by atoms with E-state index in [1.165, 1.54) is 4.90 Å². The van der Waals surface area contributed by atoms with Gasteiger partial charge in [0.05, 0.1) is 37.2 Å². The van der Waals surface area contributed by atoms with Crippen molar-refractivity contribution in [3.8, 4) is 0 Å². The van der Waals surface area contributed by atoms with Gasteiger partial charge in [-0.25, -0.2) is 0 Å². The summed E-state index contributed by atoms with van der Waals surface area (Å²) in [6, 6.07) is 0. The lowest BCUT2D eigenvalue weighted by molar-refractivity contribution is -0.143. The van der Waals surface area contributed by atoms with Crippen molar-refractivity contribution in [1.82, 2.24) is 4.90 Å². The Morgan fingerprint density at radius 1 is 1.25 bits per heavy atom. The molecular weight excluding hydrogens is 210 g/mol. The number of hydrogen-bond donors (Lipinski definition) is 0. The second-order valence-electron chi connectivity index (χ2n) is 4.32. The average Bonchev–Trinajstić information content (AvgIpc) is 2.92. The molecule has 16 heavy (non-hydrogen) atoms. The van der Waals surface area contributed by atoms with Crippen LogP contribution in [0.2, 0.25) is 0 Å². The number of nitrogens with zero attached hydrogens (tertiary/aromatic N) is 1. The Kier molecular flexibility index (Phi) is 2.12. The van der Waals surface area contributed by atoms with Crippen molar-refractivity contribution in [3.05, 3.63) is 12.2 Å². The fraction of sp³-hybridized carbons (Fsp3) is 0.636. The minimum Gasteiger partial charge on any atom is -0.383 e. The van der Waals surface area contributed by atoms with E-state index in [2.05, 4.69) is 0 Å². The average molecular weight is 223 g/mol. The lowest BCUT2D eigenvalue weighted by atomic mass is 9.85. The molecule has 3 heterocycles. The lowest BCUT2D eigenvalue weighted by Crippen LogP contribution is -2.36. The van der Waals surface area contributed by atoms with Gasteiger partial charge in [-0.05, 0) is 0 Å². The van der Waals surface area contributed by atoms with E-state index in [9.17, 15) is 9.59 Å². The van der Waals surface area contributed by atoms with Crippen LogP contribution < -0.4 is 0 Å². The van der Waals surface area contributed by atoms with Crippen molar-refractivity contribution < 1.29 is 19.1 Å². The number of hydrogen-bond acceptors (Lipinski definition) is 4. The molecule has 2 saturated heterocycles. The number of carbonyl (C=O) groups is 2. The predicted molar refractivity (Wildman–Crippen MR) is 53.4 cm³/mol. The van der Waals surface area contributed by atoms with Crippen LogP contribution in [0.25, 0.3) is 0 Å². The zero-order valence-corrected chi connectivity index (χ0v) is 8.96. The monoisotopic (exact) mass is 223 g/mol. The van der Waals surface area contributed by atoms with Crippen LogP contribution in [-0.4, -0.2) is 49.2 Å². The Morgan fingerprint density at radius 3 is 2.31 bits per heavy atom. The molecule has 5 heteroatoms. The first kappa shape index (κ1) is 9.99. The van der Waals surface area contributed by atoms with E-state index in [0.29, 0.717) is 13.2 Å². The van der Waals surface area contributed by atoms with E-state index in [1.54, 1.807) is 7.11 Å². The van der Waals surface area contributed by atoms with E-state index in [-0.39, 0.29) is 35.9 Å². The number of ether oxygens (including phenoxy) is 2. The van der Waals surface area contributed by atoms with Gasteiger partial charge in [0.15, 0.2) is 0 Å². The van der Waals surface area contributed by atoms with Gasteiger partial charge in [-0.1, -0.05) is 12.2 Å². The van der Waals surface area contributed by atoms with Crippen LogP contribution in [0.4, 0.5) is 0 Å². The molecule has 2 amide bonds. The van der Waals surface area contributed by atoms with Crippen LogP contribution in [0.1, 0.15) is 0 Å². The maximum Gasteiger partial charge on any atom is 0.236 e. The van der Waals surface area contributed by atoms with E-state index in [4.69, 9.17) is 9.47 Å². The SMILES string of the molecule is COCCN1C(=O)[C@@H]2C3C=CC(O3)[C@@H]2C1=O. The van der Waals surface area contributed by atoms with Gasteiger partial charge in [-0.15, -0.1) is 0 Å². The maximum absolute atomic E-state index is 12.0. The molecule has 0 saturated carbocycles. The van der Waals surface area contributed by atoms with E-state index in [0.717, 1.165) is 0 Å². The molecule has 2 fully saturated rings. The molecule has 0 aromatic rings. The van der Waals surface area contributed by atoms with Crippen molar-refractivity contribution in [1.29, 1.82) is 0 Å². The van der Waals surface area contributed by atoms with Crippen LogP contribution >= 0.6 is 0 Å². The molecule has 0 aromatic heterocycles. The fourth-order valence-electron chi connectivity index (χ4n) is 2.77. The quantitative estimate of drug-likeness (QED) is 0.481. The summed E-state index contributed by atoms with van der Waals surface area (Å²) >= 11 is 0. The highest BCUT2D eigenvalue weighted by Gasteiger charge is 2.60. The molecule has 0 aromatic carbocycles. The molecule has 0 spiro atoms. The molecular formula is C11H13NO4. The zero-order chi connectivity index (χ0) is 11.3. The topological polar surface area (TPSA) is 55.8 Å². The molecule has 0 radical (unpaired) electrons. The van der Waals surface area contributed by atoms with Crippen molar-refractivity contribution in [2.75, 3.05) is 20.3 Å². The van der Waals surface area contributed by atoms with E-state index < -0.39 is 0 Å². The van der Waals surface area contributed by atoms with E-state index in [1.807, 2.05) is 12.2 Å². The number of likely N-dealkylation sites (tertiary alicyclic amines) is 1. The molecule has 4 atom stereocenters. The summed E-state index contributed by atoms with van der Waals surface area (Å²) < 4.78 is 10.4. The van der Waals surface area contributed by atoms with Crippen molar-refractivity contribution in [3.63, 3.8) is 0 Å². The van der Waals surface area contributed by atoms with Crippen molar-refractivity contribution in [2.45, 2.75) is 12.2 Å². The van der Waals surface area contributed by atoms with Gasteiger partial charge in [0.25, 0.3) is 0 Å². The first-order valence-corrected chi connectivity index (χ1v) is 5.42. The molecule has 3 rings (SSSR count). The summed E-state index contributed by atoms with van der Waals surface area (Å²) in [6.07, 6.45) is 3.38. The summed E-state index contributed by atoms with van der Waals surface area (Å²) in [6.45, 7) is 0.737. The van der Waals surface area contributed by atoms with Gasteiger partial charge in [0.2, 0.25) is 11.8 Å². The third kappa shape index (κ3) is 1.13. The van der Waals surface area contributed by atoms with Crippen molar-refractivity contribution in [2.24, 2.45) is 11.8 Å². The van der Waals surface area contributed by atoms with Crippen molar-refractivity contribution >= 4 is 11.8 Å². The summed E-state index contributed by atoms with van der Waals surface area (Å²) in [5, 5.41) is 0. The number of carbonyl (C=O) groups excluding carboxylic acids is 2. The predicted octanol–water partition coefficient (Wildman–Crippen LogP) is -0.429. The summed E-state index contributed by atoms with van der Waals surface area (Å²) in [5.41, 5.74) is 0. The molecule has 0 N–H and O–H groups in total. The fourth-order valence-corrected chi connectivity index (χ4v) is 2.77. The summed E-state index contributed by atoms with van der Waals surface area (Å²) in [5.74, 6) is -0.800. The van der Waals surface area contributed by atoms with Crippen LogP contribution in [0.3, 0.4) is 0 Å². The molecule has 0 aliphatic carbocycles. The lowest BCUT2D eigenvalue weighted by Gasteiger charge is -2.16. The number of rotatable bonds is 3. The van der Waals surface area contributed by atoms with E-state index >= 15 is 0 Å². The van der Waals surface area contributed by atoms with Crippen LogP contribution in [0.5, 0.6) is 0 Å². The summed E-state index contributed by atoms with van der Waals surface area (Å²) in [7, 11) is 1.56. The molecule has 3 aliphatic heterocycles. The van der Waals surface area contributed by atoms with Gasteiger partial charge < -0.3 is 9.47 Å². The summed E-state index contributed by atoms with van der Waals surface area (Å²) in [4.78, 5) is 25.4. The second-order valence-corrected chi connectivity index (χ2v) is 4.32. The highest BCUT2D eigenvalue weighted by molar-refractivity contribution is 6.06. The molecule has 2 unspecified atom stereocenters. The number of fused-ring (bicyclic) bond motifs is 5. The second kappa shape index (κ2) is 3.40. The Labute approximate surface area is 93.0 Å². The first-order valence-electron chi connectivity index (χ1n) is 5.42.